The molecule has 1 heteroatoms. The first-order valence-electron chi connectivity index (χ1n) is 8.65. The van der Waals surface area contributed by atoms with Gasteiger partial charge in [0, 0.05) is 18.2 Å². The molecular formula is C23H23N. The average Bonchev–Trinajstić information content (AvgIpc) is 3.27. The average molecular weight is 313 g/mol. The molecule has 2 aromatic carbocycles. The Hall–Kier alpha value is -2.54. The van der Waals surface area contributed by atoms with Crippen LogP contribution in [0.2, 0.25) is 0 Å². The fourth-order valence-corrected chi connectivity index (χ4v) is 3.61. The molecule has 0 saturated carbocycles. The van der Waals surface area contributed by atoms with Crippen molar-refractivity contribution < 1.29 is 0 Å². The van der Waals surface area contributed by atoms with Crippen LogP contribution in [-0.4, -0.2) is 6.54 Å². The van der Waals surface area contributed by atoms with Crippen molar-refractivity contribution in [3.63, 3.8) is 0 Å². The Morgan fingerprint density at radius 3 is 2.08 bits per heavy atom. The van der Waals surface area contributed by atoms with Gasteiger partial charge in [-0.3, -0.25) is 0 Å². The fourth-order valence-electron chi connectivity index (χ4n) is 3.61. The molecule has 2 aromatic rings. The van der Waals surface area contributed by atoms with E-state index in [-0.39, 0.29) is 0 Å². The van der Waals surface area contributed by atoms with Crippen molar-refractivity contribution >= 4 is 11.3 Å². The van der Waals surface area contributed by atoms with Crippen LogP contribution < -0.4 is 5.32 Å². The van der Waals surface area contributed by atoms with Crippen LogP contribution >= 0.6 is 0 Å². The monoisotopic (exact) mass is 313 g/mol. The third-order valence-electron chi connectivity index (χ3n) is 5.04. The molecular weight excluding hydrogens is 290 g/mol. The van der Waals surface area contributed by atoms with Crippen LogP contribution in [0, 0.1) is 19.8 Å². The Bertz CT molecular complexity index is 848. The maximum atomic E-state index is 4.37. The van der Waals surface area contributed by atoms with E-state index in [1.165, 1.54) is 39.1 Å². The number of hydrogen-bond donors (Lipinski definition) is 1. The van der Waals surface area contributed by atoms with E-state index >= 15 is 0 Å². The molecule has 1 heterocycles. The summed E-state index contributed by atoms with van der Waals surface area (Å²) < 4.78 is 0. The van der Waals surface area contributed by atoms with Crippen LogP contribution in [0.1, 0.15) is 28.7 Å². The predicted octanol–water partition coefficient (Wildman–Crippen LogP) is 5.28. The Labute approximate surface area is 144 Å². The summed E-state index contributed by atoms with van der Waals surface area (Å²) in [5, 5.41) is 3.59. The van der Waals surface area contributed by atoms with E-state index in [0.717, 1.165) is 13.0 Å². The lowest BCUT2D eigenvalue weighted by Gasteiger charge is -2.15. The maximum Gasteiger partial charge on any atom is 0.0416 e. The normalized spacial score (nSPS) is 22.0. The highest BCUT2D eigenvalue weighted by Gasteiger charge is 2.38. The zero-order valence-corrected chi connectivity index (χ0v) is 14.4. The van der Waals surface area contributed by atoms with E-state index < -0.39 is 0 Å². The molecule has 1 aliphatic carbocycles. The molecule has 120 valence electrons. The SMILES string of the molecule is C=C1/C=C(\c2ccc(C)cc2)NCCC2=C(c3ccc(C)cc3)C12. The van der Waals surface area contributed by atoms with Gasteiger partial charge in [-0.2, -0.15) is 0 Å². The Kier molecular flexibility index (Phi) is 3.65. The van der Waals surface area contributed by atoms with Crippen molar-refractivity contribution in [1.29, 1.82) is 0 Å². The Morgan fingerprint density at radius 1 is 0.875 bits per heavy atom. The molecule has 0 bridgehead atoms. The quantitative estimate of drug-likeness (QED) is 0.795. The van der Waals surface area contributed by atoms with Crippen molar-refractivity contribution in [2.75, 3.05) is 6.54 Å². The lowest BCUT2D eigenvalue weighted by Crippen LogP contribution is -2.16. The predicted molar refractivity (Wildman–Crippen MR) is 103 cm³/mol. The summed E-state index contributed by atoms with van der Waals surface area (Å²) in [6.45, 7) is 9.61. The van der Waals surface area contributed by atoms with Gasteiger partial charge in [-0.15, -0.1) is 0 Å². The largest absolute Gasteiger partial charge is 0.384 e. The van der Waals surface area contributed by atoms with Crippen LogP contribution in [0.4, 0.5) is 0 Å². The van der Waals surface area contributed by atoms with E-state index in [2.05, 4.69) is 80.4 Å². The number of rotatable bonds is 2. The molecule has 0 saturated heterocycles. The minimum Gasteiger partial charge on any atom is -0.384 e. The fraction of sp³-hybridized carbons (Fsp3) is 0.217. The Balaban J connectivity index is 1.62. The molecule has 1 N–H and O–H groups in total. The van der Waals surface area contributed by atoms with Crippen molar-refractivity contribution in [3.8, 4) is 0 Å². The molecule has 2 aliphatic rings. The van der Waals surface area contributed by atoms with E-state index in [9.17, 15) is 0 Å². The smallest absolute Gasteiger partial charge is 0.0416 e. The first-order valence-corrected chi connectivity index (χ1v) is 8.65. The second-order valence-corrected chi connectivity index (χ2v) is 6.91. The van der Waals surface area contributed by atoms with Gasteiger partial charge in [-0.25, -0.2) is 0 Å². The van der Waals surface area contributed by atoms with Gasteiger partial charge in [-0.1, -0.05) is 71.8 Å². The van der Waals surface area contributed by atoms with Gasteiger partial charge in [0.1, 0.15) is 0 Å². The maximum absolute atomic E-state index is 4.37. The van der Waals surface area contributed by atoms with E-state index in [0.29, 0.717) is 5.92 Å². The van der Waals surface area contributed by atoms with E-state index in [1.807, 2.05) is 0 Å². The highest BCUT2D eigenvalue weighted by Crippen LogP contribution is 2.53. The molecule has 4 rings (SSSR count). The van der Waals surface area contributed by atoms with Crippen LogP contribution in [-0.2, 0) is 0 Å². The van der Waals surface area contributed by atoms with Gasteiger partial charge in [0.15, 0.2) is 0 Å². The van der Waals surface area contributed by atoms with E-state index in [4.69, 9.17) is 0 Å². The first kappa shape index (κ1) is 15.0. The van der Waals surface area contributed by atoms with Crippen molar-refractivity contribution in [2.45, 2.75) is 20.3 Å². The number of hydrogen-bond acceptors (Lipinski definition) is 1. The zero-order chi connectivity index (χ0) is 16.7. The summed E-state index contributed by atoms with van der Waals surface area (Å²) >= 11 is 0. The van der Waals surface area contributed by atoms with Crippen LogP contribution in [0.15, 0.2) is 72.3 Å². The molecule has 1 atom stereocenters. The summed E-state index contributed by atoms with van der Waals surface area (Å²) in [5.41, 5.74) is 10.6. The highest BCUT2D eigenvalue weighted by molar-refractivity contribution is 5.90. The molecule has 0 spiro atoms. The summed E-state index contributed by atoms with van der Waals surface area (Å²) in [6.07, 6.45) is 3.33. The minimum absolute atomic E-state index is 0.440. The molecule has 1 aliphatic heterocycles. The molecule has 0 aromatic heterocycles. The van der Waals surface area contributed by atoms with Crippen molar-refractivity contribution in [2.24, 2.45) is 5.92 Å². The summed E-state index contributed by atoms with van der Waals surface area (Å²) in [5.74, 6) is 0.440. The molecule has 1 unspecified atom stereocenters. The van der Waals surface area contributed by atoms with Crippen LogP contribution in [0.5, 0.6) is 0 Å². The third-order valence-corrected chi connectivity index (χ3v) is 5.04. The van der Waals surface area contributed by atoms with Gasteiger partial charge in [0.05, 0.1) is 0 Å². The van der Waals surface area contributed by atoms with Gasteiger partial charge in [0.2, 0.25) is 0 Å². The van der Waals surface area contributed by atoms with E-state index in [1.54, 1.807) is 5.57 Å². The lowest BCUT2D eigenvalue weighted by molar-refractivity contribution is 0.820. The van der Waals surface area contributed by atoms with Crippen LogP contribution in [0.25, 0.3) is 11.3 Å². The Morgan fingerprint density at radius 2 is 1.46 bits per heavy atom. The summed E-state index contributed by atoms with van der Waals surface area (Å²) in [6, 6.07) is 17.6. The number of fused-ring (bicyclic) bond motifs is 1. The van der Waals surface area contributed by atoms with Crippen LogP contribution in [0.3, 0.4) is 0 Å². The standard InChI is InChI=1S/C23H23N/c1-15-4-8-18(9-5-15)21-14-17(3)22-20(12-13-24-21)23(22)19-10-6-16(2)7-11-19/h4-11,14,22,24H,3,12-13H2,1-2H3/b21-14+. The van der Waals surface area contributed by atoms with Gasteiger partial charge < -0.3 is 5.32 Å². The third kappa shape index (κ3) is 2.71. The molecule has 24 heavy (non-hydrogen) atoms. The zero-order valence-electron chi connectivity index (χ0n) is 14.4. The summed E-state index contributed by atoms with van der Waals surface area (Å²) in [4.78, 5) is 0. The molecule has 1 nitrogen and oxygen atoms in total. The lowest BCUT2D eigenvalue weighted by atomic mass is 9.99. The second-order valence-electron chi connectivity index (χ2n) is 6.91. The molecule has 0 fully saturated rings. The van der Waals surface area contributed by atoms with Gasteiger partial charge in [0.25, 0.3) is 0 Å². The van der Waals surface area contributed by atoms with Crippen molar-refractivity contribution in [3.05, 3.63) is 94.6 Å². The topological polar surface area (TPSA) is 12.0 Å². The number of benzene rings is 2. The first-order chi connectivity index (χ1) is 11.6. The molecule has 0 amide bonds. The van der Waals surface area contributed by atoms with Gasteiger partial charge >= 0.3 is 0 Å². The number of nitrogens with one attached hydrogen (secondary N) is 1. The second kappa shape index (κ2) is 5.83. The summed E-state index contributed by atoms with van der Waals surface area (Å²) in [7, 11) is 0. The molecule has 0 radical (unpaired) electrons. The van der Waals surface area contributed by atoms with Crippen molar-refractivity contribution in [1.82, 2.24) is 5.32 Å². The number of aryl methyl sites for hydroxylation is 2. The minimum atomic E-state index is 0.440. The highest BCUT2D eigenvalue weighted by atomic mass is 14.9. The number of allylic oxidation sites excluding steroid dienone is 3. The van der Waals surface area contributed by atoms with Gasteiger partial charge in [-0.05, 0) is 48.6 Å².